The van der Waals surface area contributed by atoms with Crippen LogP contribution >= 0.6 is 0 Å². The van der Waals surface area contributed by atoms with Crippen LogP contribution in [0.2, 0.25) is 0 Å². The smallest absolute Gasteiger partial charge is 0.310 e. The molecule has 0 fully saturated rings. The molecule has 0 aromatic heterocycles. The Bertz CT molecular complexity index is 374. The Balaban J connectivity index is 2.90. The zero-order chi connectivity index (χ0) is 12.7. The Morgan fingerprint density at radius 2 is 1.88 bits per heavy atom. The van der Waals surface area contributed by atoms with Crippen molar-refractivity contribution in [2.24, 2.45) is 0 Å². The van der Waals surface area contributed by atoms with Gasteiger partial charge >= 0.3 is 5.97 Å². The Morgan fingerprint density at radius 1 is 1.18 bits per heavy atom. The van der Waals surface area contributed by atoms with Crippen LogP contribution < -0.4 is 9.47 Å². The molecular weight excluding hydrogens is 220 g/mol. The summed E-state index contributed by atoms with van der Waals surface area (Å²) in [4.78, 5) is 11.2. The fraction of sp³-hybridized carbons (Fsp3) is 0.462. The number of carbonyl (C=O) groups excluding carboxylic acids is 1. The fourth-order valence-corrected chi connectivity index (χ4v) is 1.45. The van der Waals surface area contributed by atoms with Crippen LogP contribution in [0, 0.1) is 0 Å². The molecular formula is C13H18O4. The molecule has 94 valence electrons. The molecule has 1 aromatic carbocycles. The van der Waals surface area contributed by atoms with E-state index in [1.807, 2.05) is 26.0 Å². The van der Waals surface area contributed by atoms with E-state index >= 15 is 0 Å². The summed E-state index contributed by atoms with van der Waals surface area (Å²) in [7, 11) is 1.37. The summed E-state index contributed by atoms with van der Waals surface area (Å²) < 4.78 is 15.5. The van der Waals surface area contributed by atoms with Crippen LogP contribution in [0.1, 0.15) is 19.4 Å². The van der Waals surface area contributed by atoms with Crippen LogP contribution in [0.5, 0.6) is 11.5 Å². The molecule has 4 nitrogen and oxygen atoms in total. The number of rotatable bonds is 6. The first-order valence-corrected chi connectivity index (χ1v) is 5.66. The lowest BCUT2D eigenvalue weighted by Crippen LogP contribution is -2.07. The van der Waals surface area contributed by atoms with Gasteiger partial charge in [-0.3, -0.25) is 4.79 Å². The van der Waals surface area contributed by atoms with E-state index in [2.05, 4.69) is 4.74 Å². The minimum Gasteiger partial charge on any atom is -0.494 e. The minimum atomic E-state index is -0.282. The summed E-state index contributed by atoms with van der Waals surface area (Å²) >= 11 is 0. The lowest BCUT2D eigenvalue weighted by Gasteiger charge is -2.11. The lowest BCUT2D eigenvalue weighted by molar-refractivity contribution is -0.139. The highest BCUT2D eigenvalue weighted by molar-refractivity contribution is 5.73. The summed E-state index contributed by atoms with van der Waals surface area (Å²) in [5, 5.41) is 0. The topological polar surface area (TPSA) is 44.8 Å². The number of esters is 1. The van der Waals surface area contributed by atoms with Crippen molar-refractivity contribution in [2.75, 3.05) is 20.3 Å². The molecule has 0 radical (unpaired) electrons. The van der Waals surface area contributed by atoms with Crippen LogP contribution in [0.4, 0.5) is 0 Å². The Morgan fingerprint density at radius 3 is 2.47 bits per heavy atom. The summed E-state index contributed by atoms with van der Waals surface area (Å²) in [5.41, 5.74) is 0.808. The molecule has 1 aromatic rings. The highest BCUT2D eigenvalue weighted by Gasteiger charge is 2.10. The molecule has 0 heterocycles. The van der Waals surface area contributed by atoms with E-state index in [9.17, 15) is 4.79 Å². The normalized spacial score (nSPS) is 9.82. The van der Waals surface area contributed by atoms with Crippen LogP contribution in [0.15, 0.2) is 18.2 Å². The molecule has 4 heteroatoms. The SMILES string of the molecule is CCOc1ccc(CC(=O)OC)c(OCC)c1. The molecule has 0 N–H and O–H groups in total. The molecule has 0 aliphatic heterocycles. The van der Waals surface area contributed by atoms with Gasteiger partial charge in [0.2, 0.25) is 0 Å². The highest BCUT2D eigenvalue weighted by atomic mass is 16.5. The molecule has 0 aliphatic rings. The summed E-state index contributed by atoms with van der Waals surface area (Å²) in [5.74, 6) is 1.13. The molecule has 0 saturated carbocycles. The molecule has 0 saturated heterocycles. The van der Waals surface area contributed by atoms with Crippen molar-refractivity contribution < 1.29 is 19.0 Å². The summed E-state index contributed by atoms with van der Waals surface area (Å²) in [6.45, 7) is 4.96. The maximum Gasteiger partial charge on any atom is 0.310 e. The first-order chi connectivity index (χ1) is 8.21. The van der Waals surface area contributed by atoms with E-state index in [1.165, 1.54) is 7.11 Å². The van der Waals surface area contributed by atoms with Gasteiger partial charge < -0.3 is 14.2 Å². The second kappa shape index (κ2) is 6.78. The van der Waals surface area contributed by atoms with Crippen molar-refractivity contribution >= 4 is 5.97 Å². The summed E-state index contributed by atoms with van der Waals surface area (Å²) in [6, 6.07) is 5.45. The van der Waals surface area contributed by atoms with E-state index in [1.54, 1.807) is 6.07 Å². The van der Waals surface area contributed by atoms with Gasteiger partial charge in [-0.2, -0.15) is 0 Å². The van der Waals surface area contributed by atoms with Crippen molar-refractivity contribution in [3.63, 3.8) is 0 Å². The minimum absolute atomic E-state index is 0.207. The number of methoxy groups -OCH3 is 1. The highest BCUT2D eigenvalue weighted by Crippen LogP contribution is 2.25. The van der Waals surface area contributed by atoms with Crippen molar-refractivity contribution in [1.29, 1.82) is 0 Å². The van der Waals surface area contributed by atoms with Gasteiger partial charge in [-0.15, -0.1) is 0 Å². The standard InChI is InChI=1S/C13H18O4/c1-4-16-11-7-6-10(8-13(14)15-3)12(9-11)17-5-2/h6-7,9H,4-5,8H2,1-3H3. The van der Waals surface area contributed by atoms with E-state index < -0.39 is 0 Å². The van der Waals surface area contributed by atoms with Crippen LogP contribution in [-0.2, 0) is 16.0 Å². The molecule has 0 aliphatic carbocycles. The fourth-order valence-electron chi connectivity index (χ4n) is 1.45. The molecule has 0 bridgehead atoms. The number of ether oxygens (including phenoxy) is 3. The number of benzene rings is 1. The van der Waals surface area contributed by atoms with Crippen molar-refractivity contribution in [1.82, 2.24) is 0 Å². The van der Waals surface area contributed by atoms with Crippen molar-refractivity contribution in [2.45, 2.75) is 20.3 Å². The van der Waals surface area contributed by atoms with Gasteiger partial charge in [0.15, 0.2) is 0 Å². The van der Waals surface area contributed by atoms with E-state index in [-0.39, 0.29) is 12.4 Å². The quantitative estimate of drug-likeness (QED) is 0.713. The predicted octanol–water partition coefficient (Wildman–Crippen LogP) is 2.20. The second-order valence-electron chi connectivity index (χ2n) is 3.39. The number of hydrogen-bond donors (Lipinski definition) is 0. The average Bonchev–Trinajstić information content (AvgIpc) is 2.33. The van der Waals surface area contributed by atoms with Gasteiger partial charge in [0.25, 0.3) is 0 Å². The molecule has 1 rings (SSSR count). The van der Waals surface area contributed by atoms with Gasteiger partial charge in [0.1, 0.15) is 11.5 Å². The van der Waals surface area contributed by atoms with E-state index in [0.717, 1.165) is 11.3 Å². The van der Waals surface area contributed by atoms with Crippen LogP contribution in [0.3, 0.4) is 0 Å². The Hall–Kier alpha value is -1.71. The third-order valence-corrected chi connectivity index (χ3v) is 2.21. The molecule has 0 amide bonds. The third kappa shape index (κ3) is 3.98. The van der Waals surface area contributed by atoms with Gasteiger partial charge in [-0.1, -0.05) is 6.07 Å². The molecule has 0 atom stereocenters. The van der Waals surface area contributed by atoms with Gasteiger partial charge in [-0.25, -0.2) is 0 Å². The third-order valence-electron chi connectivity index (χ3n) is 2.21. The van der Waals surface area contributed by atoms with Gasteiger partial charge in [0.05, 0.1) is 26.7 Å². The Labute approximate surface area is 101 Å². The van der Waals surface area contributed by atoms with Gasteiger partial charge in [-0.05, 0) is 19.9 Å². The maximum atomic E-state index is 11.2. The first kappa shape index (κ1) is 13.4. The maximum absolute atomic E-state index is 11.2. The van der Waals surface area contributed by atoms with E-state index in [0.29, 0.717) is 19.0 Å². The average molecular weight is 238 g/mol. The van der Waals surface area contributed by atoms with Crippen molar-refractivity contribution in [3.8, 4) is 11.5 Å². The monoisotopic (exact) mass is 238 g/mol. The lowest BCUT2D eigenvalue weighted by atomic mass is 10.1. The number of carbonyl (C=O) groups is 1. The largest absolute Gasteiger partial charge is 0.494 e. The zero-order valence-corrected chi connectivity index (χ0v) is 10.5. The molecule has 0 spiro atoms. The number of hydrogen-bond acceptors (Lipinski definition) is 4. The van der Waals surface area contributed by atoms with Crippen LogP contribution in [-0.4, -0.2) is 26.3 Å². The first-order valence-electron chi connectivity index (χ1n) is 5.66. The van der Waals surface area contributed by atoms with Crippen LogP contribution in [0.25, 0.3) is 0 Å². The second-order valence-corrected chi connectivity index (χ2v) is 3.39. The van der Waals surface area contributed by atoms with Crippen molar-refractivity contribution in [3.05, 3.63) is 23.8 Å². The summed E-state index contributed by atoms with van der Waals surface area (Å²) in [6.07, 6.45) is 0.207. The predicted molar refractivity (Wildman–Crippen MR) is 64.5 cm³/mol. The molecule has 17 heavy (non-hydrogen) atoms. The van der Waals surface area contributed by atoms with E-state index in [4.69, 9.17) is 9.47 Å². The Kier molecular flexibility index (Phi) is 5.33. The zero-order valence-electron chi connectivity index (χ0n) is 10.5. The van der Waals surface area contributed by atoms with Gasteiger partial charge in [0, 0.05) is 11.6 Å². The molecule has 0 unspecified atom stereocenters.